The molecule has 1 aromatic heterocycles. The van der Waals surface area contributed by atoms with Crippen molar-refractivity contribution < 1.29 is 4.74 Å². The van der Waals surface area contributed by atoms with E-state index in [1.165, 1.54) is 5.56 Å². The molecule has 0 aliphatic rings. The molecule has 0 aliphatic carbocycles. The summed E-state index contributed by atoms with van der Waals surface area (Å²) in [5, 5.41) is 0.786. The molecule has 148 valence electrons. The first-order chi connectivity index (χ1) is 13.7. The molecule has 0 saturated carbocycles. The Morgan fingerprint density at radius 1 is 1.11 bits per heavy atom. The van der Waals surface area contributed by atoms with Crippen molar-refractivity contribution in [2.45, 2.75) is 36.3 Å². The number of rotatable bonds is 10. The number of unbranched alkanes of at least 4 members (excludes halogenated alkanes) is 1. The molecule has 0 amide bonds. The van der Waals surface area contributed by atoms with E-state index in [9.17, 15) is 0 Å². The number of imidazole rings is 1. The molecule has 2 unspecified atom stereocenters. The van der Waals surface area contributed by atoms with Crippen molar-refractivity contribution in [2.75, 3.05) is 6.61 Å². The molecule has 3 nitrogen and oxygen atoms in total. The summed E-state index contributed by atoms with van der Waals surface area (Å²) in [4.78, 5) is 4.13. The minimum Gasteiger partial charge on any atom is -0.494 e. The molecule has 2 aromatic carbocycles. The number of alkyl halides is 1. The fraction of sp³-hybridized carbons (Fsp3) is 0.318. The number of thioether (sulfide) groups is 1. The number of hydrogen-bond donors (Lipinski definition) is 0. The lowest BCUT2D eigenvalue weighted by atomic mass is 10.1. The molecule has 0 radical (unpaired) electrons. The first-order valence-electron chi connectivity index (χ1n) is 9.37. The molecule has 6 heteroatoms. The Hall–Kier alpha value is -1.62. The molecular formula is C22H24Cl2N2OS. The third-order valence-electron chi connectivity index (χ3n) is 4.38. The van der Waals surface area contributed by atoms with Gasteiger partial charge >= 0.3 is 0 Å². The maximum atomic E-state index is 6.80. The normalized spacial score (nSPS) is 13.2. The van der Waals surface area contributed by atoms with E-state index in [2.05, 4.69) is 24.0 Å². The highest BCUT2D eigenvalue weighted by Gasteiger charge is 2.23. The van der Waals surface area contributed by atoms with Crippen LogP contribution in [0.2, 0.25) is 5.02 Å². The van der Waals surface area contributed by atoms with E-state index < -0.39 is 0 Å². The quantitative estimate of drug-likeness (QED) is 0.250. The van der Waals surface area contributed by atoms with Crippen molar-refractivity contribution >= 4 is 35.0 Å². The second-order valence-electron chi connectivity index (χ2n) is 6.51. The first-order valence-corrected chi connectivity index (χ1v) is 11.2. The van der Waals surface area contributed by atoms with E-state index in [-0.39, 0.29) is 10.8 Å². The Kier molecular flexibility index (Phi) is 8.13. The highest BCUT2D eigenvalue weighted by molar-refractivity contribution is 7.98. The van der Waals surface area contributed by atoms with Gasteiger partial charge in [0, 0.05) is 23.2 Å². The molecule has 3 rings (SSSR count). The maximum Gasteiger partial charge on any atom is 0.125 e. The van der Waals surface area contributed by atoms with Crippen molar-refractivity contribution in [3.8, 4) is 5.75 Å². The van der Waals surface area contributed by atoms with E-state index in [0.717, 1.165) is 41.5 Å². The summed E-state index contributed by atoms with van der Waals surface area (Å²) in [5.41, 5.74) is 2.13. The van der Waals surface area contributed by atoms with Crippen LogP contribution in [-0.4, -0.2) is 16.2 Å². The maximum absolute atomic E-state index is 6.80. The van der Waals surface area contributed by atoms with Gasteiger partial charge in [-0.1, -0.05) is 60.8 Å². The predicted molar refractivity (Wildman–Crippen MR) is 119 cm³/mol. The molecule has 28 heavy (non-hydrogen) atoms. The number of hydrogen-bond acceptors (Lipinski definition) is 3. The van der Waals surface area contributed by atoms with Gasteiger partial charge in [0.15, 0.2) is 0 Å². The number of benzene rings is 2. The van der Waals surface area contributed by atoms with Crippen LogP contribution in [0.3, 0.4) is 0 Å². The summed E-state index contributed by atoms with van der Waals surface area (Å²) < 4.78 is 7.67. The topological polar surface area (TPSA) is 27.1 Å². The van der Waals surface area contributed by atoms with Crippen LogP contribution >= 0.6 is 35.0 Å². The van der Waals surface area contributed by atoms with E-state index >= 15 is 0 Å². The van der Waals surface area contributed by atoms with Crippen LogP contribution in [0.5, 0.6) is 5.75 Å². The monoisotopic (exact) mass is 434 g/mol. The standard InChI is InChI=1S/C22H24Cl2N2OS/c1-2-3-14-27-20-10-4-17(5-11-20)15-28-21(18-6-8-19(23)9-7-18)22(24)26-13-12-25-16-26/h4-13,16,21-22H,2-3,14-15H2,1H3. The van der Waals surface area contributed by atoms with E-state index in [0.29, 0.717) is 0 Å². The second kappa shape index (κ2) is 10.8. The average molecular weight is 435 g/mol. The Morgan fingerprint density at radius 2 is 1.86 bits per heavy atom. The number of nitrogens with zero attached hydrogens (tertiary/aromatic N) is 2. The number of halogens is 2. The Balaban J connectivity index is 1.68. The van der Waals surface area contributed by atoms with Crippen LogP contribution in [0.25, 0.3) is 0 Å². The summed E-state index contributed by atoms with van der Waals surface area (Å²) in [6.07, 6.45) is 7.60. The van der Waals surface area contributed by atoms with Crippen LogP contribution in [0.1, 0.15) is 41.6 Å². The van der Waals surface area contributed by atoms with Crippen molar-refractivity contribution in [3.05, 3.63) is 83.4 Å². The van der Waals surface area contributed by atoms with Gasteiger partial charge in [-0.3, -0.25) is 0 Å². The fourth-order valence-corrected chi connectivity index (χ4v) is 4.58. The van der Waals surface area contributed by atoms with Crippen LogP contribution in [0.15, 0.2) is 67.3 Å². The molecule has 3 aromatic rings. The molecular weight excluding hydrogens is 411 g/mol. The third-order valence-corrected chi connectivity index (χ3v) is 6.65. The smallest absolute Gasteiger partial charge is 0.125 e. The van der Waals surface area contributed by atoms with E-state index in [1.807, 2.05) is 47.2 Å². The van der Waals surface area contributed by atoms with Gasteiger partial charge in [-0.2, -0.15) is 0 Å². The van der Waals surface area contributed by atoms with Gasteiger partial charge in [-0.05, 0) is 41.8 Å². The highest BCUT2D eigenvalue weighted by atomic mass is 35.5. The number of aromatic nitrogens is 2. The summed E-state index contributed by atoms with van der Waals surface area (Å²) >= 11 is 14.7. The minimum absolute atomic E-state index is 0.0635. The Labute approximate surface area is 181 Å². The highest BCUT2D eigenvalue weighted by Crippen LogP contribution is 2.43. The molecule has 0 saturated heterocycles. The predicted octanol–water partition coefficient (Wildman–Crippen LogP) is 7.13. The van der Waals surface area contributed by atoms with Crippen LogP contribution in [-0.2, 0) is 5.75 Å². The van der Waals surface area contributed by atoms with Crippen molar-refractivity contribution in [2.24, 2.45) is 0 Å². The van der Waals surface area contributed by atoms with Gasteiger partial charge < -0.3 is 9.30 Å². The van der Waals surface area contributed by atoms with Crippen molar-refractivity contribution in [1.82, 2.24) is 9.55 Å². The SMILES string of the molecule is CCCCOc1ccc(CSC(c2ccc(Cl)cc2)C(Cl)n2ccnc2)cc1. The Morgan fingerprint density at radius 3 is 2.50 bits per heavy atom. The van der Waals surface area contributed by atoms with Gasteiger partial charge in [0.05, 0.1) is 18.2 Å². The van der Waals surface area contributed by atoms with Crippen LogP contribution in [0.4, 0.5) is 0 Å². The Bertz CT molecular complexity index is 823. The third kappa shape index (κ3) is 5.94. The lowest BCUT2D eigenvalue weighted by molar-refractivity contribution is 0.309. The van der Waals surface area contributed by atoms with Gasteiger partial charge in [-0.15, -0.1) is 11.8 Å². The zero-order valence-electron chi connectivity index (χ0n) is 15.8. The summed E-state index contributed by atoms with van der Waals surface area (Å²) in [5.74, 6) is 1.77. The summed E-state index contributed by atoms with van der Waals surface area (Å²) in [6.45, 7) is 2.93. The lowest BCUT2D eigenvalue weighted by Gasteiger charge is -2.23. The van der Waals surface area contributed by atoms with Gasteiger partial charge in [-0.25, -0.2) is 4.98 Å². The van der Waals surface area contributed by atoms with Crippen LogP contribution < -0.4 is 4.74 Å². The van der Waals surface area contributed by atoms with Gasteiger partial charge in [0.25, 0.3) is 0 Å². The van der Waals surface area contributed by atoms with Crippen LogP contribution in [0, 0.1) is 0 Å². The summed E-state index contributed by atoms with van der Waals surface area (Å²) in [6, 6.07) is 16.2. The molecule has 0 bridgehead atoms. The van der Waals surface area contributed by atoms with Crippen molar-refractivity contribution in [1.29, 1.82) is 0 Å². The minimum atomic E-state index is -0.245. The molecule has 2 atom stereocenters. The van der Waals surface area contributed by atoms with Gasteiger partial charge in [0.2, 0.25) is 0 Å². The van der Waals surface area contributed by atoms with E-state index in [4.69, 9.17) is 27.9 Å². The fourth-order valence-electron chi connectivity index (χ4n) is 2.76. The largest absolute Gasteiger partial charge is 0.494 e. The molecule has 0 fully saturated rings. The number of ether oxygens (including phenoxy) is 1. The average Bonchev–Trinajstić information content (AvgIpc) is 3.25. The molecule has 1 heterocycles. The summed E-state index contributed by atoms with van der Waals surface area (Å²) in [7, 11) is 0. The van der Waals surface area contributed by atoms with Gasteiger partial charge in [0.1, 0.15) is 11.3 Å². The zero-order chi connectivity index (χ0) is 19.8. The molecule has 0 N–H and O–H groups in total. The molecule has 0 aliphatic heterocycles. The van der Waals surface area contributed by atoms with Crippen molar-refractivity contribution in [3.63, 3.8) is 0 Å². The molecule has 0 spiro atoms. The first kappa shape index (κ1) is 21.1. The lowest BCUT2D eigenvalue weighted by Crippen LogP contribution is -2.09. The second-order valence-corrected chi connectivity index (χ2v) is 8.53. The zero-order valence-corrected chi connectivity index (χ0v) is 18.1. The van der Waals surface area contributed by atoms with E-state index in [1.54, 1.807) is 24.3 Å².